The first kappa shape index (κ1) is 18.5. The van der Waals surface area contributed by atoms with Gasteiger partial charge in [-0.2, -0.15) is 0 Å². The van der Waals surface area contributed by atoms with Crippen molar-refractivity contribution in [3.63, 3.8) is 0 Å². The summed E-state index contributed by atoms with van der Waals surface area (Å²) >= 11 is 6.46. The molecule has 0 radical (unpaired) electrons. The smallest absolute Gasteiger partial charge is 0.183 e. The molecule has 0 bridgehead atoms. The van der Waals surface area contributed by atoms with Crippen molar-refractivity contribution in [2.75, 3.05) is 6.61 Å². The first-order valence-electron chi connectivity index (χ1n) is 9.86. The van der Waals surface area contributed by atoms with Crippen LogP contribution in [0.5, 0.6) is 0 Å². The van der Waals surface area contributed by atoms with Crippen LogP contribution in [-0.4, -0.2) is 38.3 Å². The molecule has 6 nitrogen and oxygen atoms in total. The first-order chi connectivity index (χ1) is 14.1. The summed E-state index contributed by atoms with van der Waals surface area (Å²) in [5, 5.41) is 9.48. The van der Waals surface area contributed by atoms with Gasteiger partial charge in [0.05, 0.1) is 27.9 Å². The number of hydrogen-bond acceptors (Lipinski definition) is 5. The van der Waals surface area contributed by atoms with E-state index in [1.165, 1.54) is 5.56 Å². The second-order valence-corrected chi connectivity index (χ2v) is 8.07. The molecule has 2 aromatic carbocycles. The van der Waals surface area contributed by atoms with Gasteiger partial charge in [0.2, 0.25) is 0 Å². The fraction of sp³-hybridized carbons (Fsp3) is 0.318. The van der Waals surface area contributed by atoms with Gasteiger partial charge < -0.3 is 10.5 Å². The number of fused-ring (bicyclic) bond motifs is 3. The number of rotatable bonds is 3. The largest absolute Gasteiger partial charge is 0.378 e. The van der Waals surface area contributed by atoms with Crippen LogP contribution in [0.1, 0.15) is 24.1 Å². The second kappa shape index (κ2) is 7.37. The Kier molecular flexibility index (Phi) is 4.70. The first-order valence-corrected chi connectivity index (χ1v) is 10.2. The Bertz CT molecular complexity index is 1200. The molecule has 0 amide bonds. The molecule has 2 aromatic heterocycles. The van der Waals surface area contributed by atoms with E-state index in [9.17, 15) is 0 Å². The monoisotopic (exact) mass is 407 g/mol. The lowest BCUT2D eigenvalue weighted by Gasteiger charge is -2.27. The molecule has 2 N–H and O–H groups in total. The fourth-order valence-electron chi connectivity index (χ4n) is 4.08. The third kappa shape index (κ3) is 3.37. The molecule has 0 aliphatic carbocycles. The highest BCUT2D eigenvalue weighted by Crippen LogP contribution is 2.30. The quantitative estimate of drug-likeness (QED) is 0.556. The lowest BCUT2D eigenvalue weighted by atomic mass is 9.98. The zero-order valence-electron chi connectivity index (χ0n) is 16.2. The Hall–Kier alpha value is -2.54. The molecule has 3 heterocycles. The molecule has 1 aliphatic rings. The van der Waals surface area contributed by atoms with Crippen LogP contribution in [0.15, 0.2) is 42.5 Å². The maximum atomic E-state index is 6.46. The zero-order chi connectivity index (χ0) is 20.0. The molecule has 7 heteroatoms. The summed E-state index contributed by atoms with van der Waals surface area (Å²) in [5.74, 6) is 0.717. The van der Waals surface area contributed by atoms with Crippen LogP contribution in [0.4, 0.5) is 0 Å². The highest BCUT2D eigenvalue weighted by molar-refractivity contribution is 6.33. The van der Waals surface area contributed by atoms with E-state index in [2.05, 4.69) is 32.8 Å². The van der Waals surface area contributed by atoms with E-state index in [1.54, 1.807) is 0 Å². The van der Waals surface area contributed by atoms with Crippen LogP contribution in [0, 0.1) is 6.92 Å². The average molecular weight is 408 g/mol. The van der Waals surface area contributed by atoms with E-state index in [-0.39, 0.29) is 12.1 Å². The molecule has 0 saturated carbocycles. The predicted molar refractivity (Wildman–Crippen MR) is 114 cm³/mol. The van der Waals surface area contributed by atoms with Gasteiger partial charge in [0.1, 0.15) is 0 Å². The maximum Gasteiger partial charge on any atom is 0.183 e. The molecule has 1 aliphatic heterocycles. The SMILES string of the molecule is Cc1nc2ccc(CC3CC(N)CCO3)cc2n2c(-c3ccccc3Cl)nnc12. The number of aromatic nitrogens is 4. The molecular formula is C22H22ClN5O. The van der Waals surface area contributed by atoms with Gasteiger partial charge in [-0.1, -0.05) is 29.8 Å². The summed E-state index contributed by atoms with van der Waals surface area (Å²) in [6.07, 6.45) is 2.79. The van der Waals surface area contributed by atoms with Crippen molar-refractivity contribution in [2.45, 2.75) is 38.3 Å². The summed E-state index contributed by atoms with van der Waals surface area (Å²) in [5.41, 5.74) is 11.6. The summed E-state index contributed by atoms with van der Waals surface area (Å²) in [7, 11) is 0. The molecule has 2 atom stereocenters. The van der Waals surface area contributed by atoms with Crippen molar-refractivity contribution in [3.8, 4) is 11.4 Å². The van der Waals surface area contributed by atoms with E-state index in [1.807, 2.05) is 31.2 Å². The van der Waals surface area contributed by atoms with Crippen molar-refractivity contribution in [1.82, 2.24) is 19.6 Å². The topological polar surface area (TPSA) is 78.3 Å². The van der Waals surface area contributed by atoms with Gasteiger partial charge >= 0.3 is 0 Å². The van der Waals surface area contributed by atoms with Crippen LogP contribution in [0.3, 0.4) is 0 Å². The molecule has 5 rings (SSSR count). The van der Waals surface area contributed by atoms with Crippen molar-refractivity contribution < 1.29 is 4.74 Å². The lowest BCUT2D eigenvalue weighted by molar-refractivity contribution is 0.00869. The Morgan fingerprint density at radius 1 is 1.21 bits per heavy atom. The number of ether oxygens (including phenoxy) is 1. The van der Waals surface area contributed by atoms with E-state index in [0.717, 1.165) is 53.8 Å². The van der Waals surface area contributed by atoms with Crippen LogP contribution in [0.2, 0.25) is 5.02 Å². The molecule has 29 heavy (non-hydrogen) atoms. The third-order valence-electron chi connectivity index (χ3n) is 5.54. The van der Waals surface area contributed by atoms with Gasteiger partial charge in [-0.15, -0.1) is 10.2 Å². The van der Waals surface area contributed by atoms with Crippen LogP contribution >= 0.6 is 11.6 Å². The maximum absolute atomic E-state index is 6.46. The molecule has 148 valence electrons. The van der Waals surface area contributed by atoms with Gasteiger partial charge in [-0.05, 0) is 56.0 Å². The number of nitrogens with two attached hydrogens (primary N) is 1. The molecule has 0 spiro atoms. The van der Waals surface area contributed by atoms with Gasteiger partial charge in [0, 0.05) is 18.2 Å². The van der Waals surface area contributed by atoms with E-state index < -0.39 is 0 Å². The number of nitrogens with zero attached hydrogens (tertiary/aromatic N) is 4. The number of aryl methyl sites for hydroxylation is 1. The minimum absolute atomic E-state index is 0.147. The van der Waals surface area contributed by atoms with Crippen LogP contribution < -0.4 is 5.73 Å². The minimum Gasteiger partial charge on any atom is -0.378 e. The predicted octanol–water partition coefficient (Wildman–Crippen LogP) is 3.96. The zero-order valence-corrected chi connectivity index (χ0v) is 16.9. The number of hydrogen-bond donors (Lipinski definition) is 1. The minimum atomic E-state index is 0.147. The summed E-state index contributed by atoms with van der Waals surface area (Å²) < 4.78 is 7.97. The normalized spacial score (nSPS) is 19.8. The van der Waals surface area contributed by atoms with Crippen LogP contribution in [-0.2, 0) is 11.2 Å². The highest BCUT2D eigenvalue weighted by atomic mass is 35.5. The van der Waals surface area contributed by atoms with Gasteiger partial charge in [-0.25, -0.2) is 4.98 Å². The van der Waals surface area contributed by atoms with E-state index in [0.29, 0.717) is 10.8 Å². The van der Waals surface area contributed by atoms with E-state index >= 15 is 0 Å². The van der Waals surface area contributed by atoms with Crippen molar-refractivity contribution in [1.29, 1.82) is 0 Å². The lowest BCUT2D eigenvalue weighted by Crippen LogP contribution is -2.35. The third-order valence-corrected chi connectivity index (χ3v) is 5.87. The standard InChI is InChI=1S/C22H22ClN5O/c1-13-21-26-27-22(17-4-2-3-5-18(17)23)28(21)20-11-14(6-7-19(20)25-13)10-16-12-15(24)8-9-29-16/h2-7,11,15-16H,8-10,12,24H2,1H3. The molecule has 4 aromatic rings. The van der Waals surface area contributed by atoms with Crippen molar-refractivity contribution in [2.24, 2.45) is 5.73 Å². The highest BCUT2D eigenvalue weighted by Gasteiger charge is 2.21. The molecule has 2 unspecified atom stereocenters. The van der Waals surface area contributed by atoms with Crippen molar-refractivity contribution >= 4 is 28.3 Å². The number of benzene rings is 2. The van der Waals surface area contributed by atoms with E-state index in [4.69, 9.17) is 27.1 Å². The molecule has 1 fully saturated rings. The Morgan fingerprint density at radius 2 is 2.07 bits per heavy atom. The number of halogens is 1. The Morgan fingerprint density at radius 3 is 2.90 bits per heavy atom. The van der Waals surface area contributed by atoms with Gasteiger partial charge in [0.15, 0.2) is 11.5 Å². The second-order valence-electron chi connectivity index (χ2n) is 7.66. The fourth-order valence-corrected chi connectivity index (χ4v) is 4.30. The summed E-state index contributed by atoms with van der Waals surface area (Å²) in [6, 6.07) is 14.2. The van der Waals surface area contributed by atoms with Crippen LogP contribution in [0.25, 0.3) is 28.1 Å². The summed E-state index contributed by atoms with van der Waals surface area (Å²) in [4.78, 5) is 4.73. The van der Waals surface area contributed by atoms with Crippen molar-refractivity contribution in [3.05, 3.63) is 58.7 Å². The average Bonchev–Trinajstić information content (AvgIpc) is 3.15. The Balaban J connectivity index is 1.66. The van der Waals surface area contributed by atoms with Gasteiger partial charge in [0.25, 0.3) is 0 Å². The van der Waals surface area contributed by atoms with Gasteiger partial charge in [-0.3, -0.25) is 4.40 Å². The Labute approximate surface area is 173 Å². The molecule has 1 saturated heterocycles. The molecular weight excluding hydrogens is 386 g/mol. The summed E-state index contributed by atoms with van der Waals surface area (Å²) in [6.45, 7) is 2.68.